The molecule has 0 aromatic heterocycles. The molecule has 1 rings (SSSR count). The lowest BCUT2D eigenvalue weighted by Crippen LogP contribution is -2.31. The summed E-state index contributed by atoms with van der Waals surface area (Å²) >= 11 is 0. The number of hydrogen-bond donors (Lipinski definition) is 1. The fourth-order valence-corrected chi connectivity index (χ4v) is 2.12. The smallest absolute Gasteiger partial charge is 0.00979 e. The SMILES string of the molecule is C=CCCCC(NCC)C1CC1C. The zero-order valence-corrected chi connectivity index (χ0v) is 9.05. The first-order chi connectivity index (χ1) is 6.29. The van der Waals surface area contributed by atoms with Crippen LogP contribution in [0.3, 0.4) is 0 Å². The van der Waals surface area contributed by atoms with Crippen LogP contribution < -0.4 is 5.32 Å². The van der Waals surface area contributed by atoms with Crippen LogP contribution in [0.25, 0.3) is 0 Å². The predicted octanol–water partition coefficient (Wildman–Crippen LogP) is 2.98. The third kappa shape index (κ3) is 3.51. The standard InChI is InChI=1S/C12H23N/c1-4-6-7-8-12(13-5-2)11-9-10(11)3/h4,10-13H,1,5-9H2,2-3H3. The monoisotopic (exact) mass is 181 g/mol. The molecule has 0 aliphatic heterocycles. The Morgan fingerprint density at radius 3 is 2.77 bits per heavy atom. The Morgan fingerprint density at radius 1 is 1.62 bits per heavy atom. The van der Waals surface area contributed by atoms with Crippen molar-refractivity contribution in [3.05, 3.63) is 12.7 Å². The van der Waals surface area contributed by atoms with Crippen LogP contribution in [0, 0.1) is 11.8 Å². The van der Waals surface area contributed by atoms with E-state index in [0.717, 1.165) is 24.4 Å². The predicted molar refractivity (Wildman–Crippen MR) is 58.8 cm³/mol. The molecule has 0 heterocycles. The van der Waals surface area contributed by atoms with Gasteiger partial charge in [0.25, 0.3) is 0 Å². The molecule has 0 spiro atoms. The number of rotatable bonds is 7. The lowest BCUT2D eigenvalue weighted by atomic mass is 10.0. The Balaban J connectivity index is 2.18. The normalized spacial score (nSPS) is 28.5. The van der Waals surface area contributed by atoms with Gasteiger partial charge in [0.2, 0.25) is 0 Å². The molecule has 1 aliphatic rings. The van der Waals surface area contributed by atoms with E-state index in [9.17, 15) is 0 Å². The molecule has 0 bridgehead atoms. The van der Waals surface area contributed by atoms with Crippen LogP contribution in [-0.2, 0) is 0 Å². The van der Waals surface area contributed by atoms with Crippen LogP contribution in [0.2, 0.25) is 0 Å². The van der Waals surface area contributed by atoms with Crippen molar-refractivity contribution in [2.45, 2.75) is 45.6 Å². The molecule has 0 saturated heterocycles. The van der Waals surface area contributed by atoms with Crippen LogP contribution in [0.15, 0.2) is 12.7 Å². The second-order valence-corrected chi connectivity index (χ2v) is 4.26. The van der Waals surface area contributed by atoms with Crippen LogP contribution in [-0.4, -0.2) is 12.6 Å². The third-order valence-electron chi connectivity index (χ3n) is 3.08. The summed E-state index contributed by atoms with van der Waals surface area (Å²) < 4.78 is 0. The molecule has 76 valence electrons. The lowest BCUT2D eigenvalue weighted by molar-refractivity contribution is 0.421. The highest BCUT2D eigenvalue weighted by Gasteiger charge is 2.38. The first-order valence-corrected chi connectivity index (χ1v) is 5.63. The first kappa shape index (κ1) is 10.8. The minimum Gasteiger partial charge on any atom is -0.314 e. The second-order valence-electron chi connectivity index (χ2n) is 4.26. The van der Waals surface area contributed by atoms with Crippen LogP contribution >= 0.6 is 0 Å². The van der Waals surface area contributed by atoms with E-state index in [2.05, 4.69) is 25.7 Å². The largest absolute Gasteiger partial charge is 0.314 e. The molecule has 0 aromatic carbocycles. The van der Waals surface area contributed by atoms with Crippen molar-refractivity contribution in [3.8, 4) is 0 Å². The van der Waals surface area contributed by atoms with Crippen LogP contribution in [0.4, 0.5) is 0 Å². The van der Waals surface area contributed by atoms with Gasteiger partial charge >= 0.3 is 0 Å². The van der Waals surface area contributed by atoms with Crippen LogP contribution in [0.5, 0.6) is 0 Å². The van der Waals surface area contributed by atoms with Gasteiger partial charge in [-0.2, -0.15) is 0 Å². The van der Waals surface area contributed by atoms with Crippen molar-refractivity contribution in [3.63, 3.8) is 0 Å². The van der Waals surface area contributed by atoms with Gasteiger partial charge in [-0.15, -0.1) is 6.58 Å². The van der Waals surface area contributed by atoms with Gasteiger partial charge in [0.1, 0.15) is 0 Å². The zero-order chi connectivity index (χ0) is 9.68. The number of nitrogens with one attached hydrogen (secondary N) is 1. The maximum Gasteiger partial charge on any atom is 0.00979 e. The van der Waals surface area contributed by atoms with Gasteiger partial charge in [-0.05, 0) is 44.1 Å². The van der Waals surface area contributed by atoms with Crippen molar-refractivity contribution < 1.29 is 0 Å². The van der Waals surface area contributed by atoms with Gasteiger partial charge in [0, 0.05) is 6.04 Å². The van der Waals surface area contributed by atoms with E-state index in [4.69, 9.17) is 0 Å². The molecule has 1 N–H and O–H groups in total. The van der Waals surface area contributed by atoms with E-state index < -0.39 is 0 Å². The van der Waals surface area contributed by atoms with Gasteiger partial charge < -0.3 is 5.32 Å². The van der Waals surface area contributed by atoms with E-state index in [-0.39, 0.29) is 0 Å². The molecule has 13 heavy (non-hydrogen) atoms. The summed E-state index contributed by atoms with van der Waals surface area (Å²) in [6, 6.07) is 0.778. The topological polar surface area (TPSA) is 12.0 Å². The highest BCUT2D eigenvalue weighted by molar-refractivity contribution is 4.92. The van der Waals surface area contributed by atoms with Crippen molar-refractivity contribution >= 4 is 0 Å². The fourth-order valence-electron chi connectivity index (χ4n) is 2.12. The summed E-state index contributed by atoms with van der Waals surface area (Å²) in [5.74, 6) is 1.93. The molecule has 1 nitrogen and oxygen atoms in total. The lowest BCUT2D eigenvalue weighted by Gasteiger charge is -2.17. The maximum atomic E-state index is 3.76. The molecule has 3 unspecified atom stereocenters. The second kappa shape index (κ2) is 5.43. The third-order valence-corrected chi connectivity index (χ3v) is 3.08. The van der Waals surface area contributed by atoms with Gasteiger partial charge in [-0.1, -0.05) is 19.9 Å². The molecule has 0 aromatic rings. The molecule has 1 heteroatoms. The average Bonchev–Trinajstić information content (AvgIpc) is 2.82. The van der Waals surface area contributed by atoms with E-state index in [1.807, 2.05) is 6.08 Å². The van der Waals surface area contributed by atoms with Gasteiger partial charge in [-0.3, -0.25) is 0 Å². The summed E-state index contributed by atoms with van der Waals surface area (Å²) in [7, 11) is 0. The fraction of sp³-hybridized carbons (Fsp3) is 0.833. The first-order valence-electron chi connectivity index (χ1n) is 5.63. The summed E-state index contributed by atoms with van der Waals surface area (Å²) in [5.41, 5.74) is 0. The highest BCUT2D eigenvalue weighted by Crippen LogP contribution is 2.41. The van der Waals surface area contributed by atoms with E-state index in [1.165, 1.54) is 25.7 Å². The van der Waals surface area contributed by atoms with Gasteiger partial charge in [0.15, 0.2) is 0 Å². The van der Waals surface area contributed by atoms with Crippen LogP contribution in [0.1, 0.15) is 39.5 Å². The van der Waals surface area contributed by atoms with Crippen molar-refractivity contribution in [2.24, 2.45) is 11.8 Å². The van der Waals surface area contributed by atoms with Crippen molar-refractivity contribution in [2.75, 3.05) is 6.54 Å². The quantitative estimate of drug-likeness (QED) is 0.470. The number of unbranched alkanes of at least 4 members (excludes halogenated alkanes) is 1. The molecular formula is C12H23N. The Morgan fingerprint density at radius 2 is 2.31 bits per heavy atom. The minimum absolute atomic E-state index is 0.778. The van der Waals surface area contributed by atoms with Crippen molar-refractivity contribution in [1.82, 2.24) is 5.32 Å². The molecule has 0 radical (unpaired) electrons. The van der Waals surface area contributed by atoms with E-state index >= 15 is 0 Å². The maximum absolute atomic E-state index is 3.76. The molecule has 1 saturated carbocycles. The Kier molecular flexibility index (Phi) is 4.51. The van der Waals surface area contributed by atoms with E-state index in [1.54, 1.807) is 0 Å². The Bertz CT molecular complexity index is 153. The summed E-state index contributed by atoms with van der Waals surface area (Å²) in [6.07, 6.45) is 7.26. The Hall–Kier alpha value is -0.300. The molecule has 0 amide bonds. The van der Waals surface area contributed by atoms with E-state index in [0.29, 0.717) is 0 Å². The summed E-state index contributed by atoms with van der Waals surface area (Å²) in [6.45, 7) is 9.44. The molecule has 1 fully saturated rings. The average molecular weight is 181 g/mol. The Labute approximate surface area is 82.6 Å². The summed E-state index contributed by atoms with van der Waals surface area (Å²) in [5, 5.41) is 3.60. The molecule has 1 aliphatic carbocycles. The van der Waals surface area contributed by atoms with Gasteiger partial charge in [0.05, 0.1) is 0 Å². The minimum atomic E-state index is 0.778. The van der Waals surface area contributed by atoms with Gasteiger partial charge in [-0.25, -0.2) is 0 Å². The summed E-state index contributed by atoms with van der Waals surface area (Å²) in [4.78, 5) is 0. The molecule has 3 atom stereocenters. The zero-order valence-electron chi connectivity index (χ0n) is 9.05. The number of hydrogen-bond acceptors (Lipinski definition) is 1. The molecular weight excluding hydrogens is 158 g/mol. The highest BCUT2D eigenvalue weighted by atomic mass is 14.9. The number of allylic oxidation sites excluding steroid dienone is 1. The van der Waals surface area contributed by atoms with Crippen molar-refractivity contribution in [1.29, 1.82) is 0 Å².